The molecular weight excluding hydrogens is 588 g/mol. The predicted molar refractivity (Wildman–Crippen MR) is 155 cm³/mol. The quantitative estimate of drug-likeness (QED) is 0.211. The van der Waals surface area contributed by atoms with E-state index in [9.17, 15) is 19.2 Å². The van der Waals surface area contributed by atoms with Gasteiger partial charge >= 0.3 is 0 Å². The van der Waals surface area contributed by atoms with Gasteiger partial charge in [-0.2, -0.15) is 10.5 Å². The number of carbonyl (C=O) groups excluding carboxylic acids is 2. The molecule has 1 atom stereocenters. The molecule has 1 aliphatic rings. The summed E-state index contributed by atoms with van der Waals surface area (Å²) in [6, 6.07) is 14.4. The molecule has 1 saturated carbocycles. The lowest BCUT2D eigenvalue weighted by Gasteiger charge is -2.14. The summed E-state index contributed by atoms with van der Waals surface area (Å²) in [5.74, 6) is -1.76. The molecule has 206 valence electrons. The van der Waals surface area contributed by atoms with Gasteiger partial charge in [0.2, 0.25) is 5.91 Å². The van der Waals surface area contributed by atoms with Gasteiger partial charge in [0.05, 0.1) is 37.6 Å². The maximum Gasteiger partial charge on any atom is 0.257 e. The topological polar surface area (TPSA) is 128 Å². The number of fused-ring (bicyclic) bond motifs is 1. The molecule has 8 nitrogen and oxygen atoms in total. The van der Waals surface area contributed by atoms with E-state index in [4.69, 9.17) is 33.2 Å². The molecule has 0 aliphatic heterocycles. The molecule has 0 saturated heterocycles. The summed E-state index contributed by atoms with van der Waals surface area (Å²) in [5.41, 5.74) is 1.17. The van der Waals surface area contributed by atoms with Gasteiger partial charge in [-0.25, -0.2) is 9.37 Å². The van der Waals surface area contributed by atoms with Crippen molar-refractivity contribution in [3.63, 3.8) is 0 Å². The zero-order valence-electron chi connectivity index (χ0n) is 21.4. The van der Waals surface area contributed by atoms with Crippen molar-refractivity contribution in [3.05, 3.63) is 75.0 Å². The number of aromatic nitrogens is 1. The van der Waals surface area contributed by atoms with E-state index in [1.54, 1.807) is 25.1 Å². The summed E-state index contributed by atoms with van der Waals surface area (Å²) in [4.78, 5) is 29.6. The SMILES string of the molecule is CC(C#N)Cc1cccc(C(=O)Nc2cc(Oc3ccc4nc(NC(=O)C5CC5)sc4c3C#N)c(Cl)cc2F)c1Cl. The lowest BCUT2D eigenvalue weighted by Crippen LogP contribution is -2.14. The van der Waals surface area contributed by atoms with Gasteiger partial charge in [0.15, 0.2) is 5.13 Å². The fourth-order valence-electron chi connectivity index (χ4n) is 4.07. The predicted octanol–water partition coefficient (Wildman–Crippen LogP) is 7.71. The van der Waals surface area contributed by atoms with Crippen LogP contribution < -0.4 is 15.4 Å². The number of amides is 2. The van der Waals surface area contributed by atoms with Crippen LogP contribution in [0, 0.1) is 40.3 Å². The largest absolute Gasteiger partial charge is 0.454 e. The summed E-state index contributed by atoms with van der Waals surface area (Å²) >= 11 is 13.8. The molecule has 1 heterocycles. The Morgan fingerprint density at radius 1 is 1.17 bits per heavy atom. The van der Waals surface area contributed by atoms with Gasteiger partial charge < -0.3 is 15.4 Å². The van der Waals surface area contributed by atoms with Gasteiger partial charge in [0.25, 0.3) is 5.91 Å². The van der Waals surface area contributed by atoms with Crippen molar-refractivity contribution in [1.29, 1.82) is 10.5 Å². The highest BCUT2D eigenvalue weighted by atomic mass is 35.5. The Kier molecular flexibility index (Phi) is 8.09. The first kappa shape index (κ1) is 28.3. The number of hydrogen-bond donors (Lipinski definition) is 2. The third-order valence-electron chi connectivity index (χ3n) is 6.37. The second-order valence-corrected chi connectivity index (χ2v) is 11.3. The molecule has 1 unspecified atom stereocenters. The molecule has 4 aromatic rings. The summed E-state index contributed by atoms with van der Waals surface area (Å²) in [6.07, 6.45) is 2.05. The van der Waals surface area contributed by atoms with Crippen LogP contribution in [0.1, 0.15) is 41.3 Å². The van der Waals surface area contributed by atoms with E-state index in [0.29, 0.717) is 27.3 Å². The minimum absolute atomic E-state index is 0.00104. The van der Waals surface area contributed by atoms with E-state index in [1.807, 2.05) is 0 Å². The zero-order valence-corrected chi connectivity index (χ0v) is 23.8. The molecule has 1 aromatic heterocycles. The molecule has 5 rings (SSSR count). The molecule has 0 spiro atoms. The number of nitrogens with zero attached hydrogens (tertiary/aromatic N) is 3. The average molecular weight is 608 g/mol. The minimum Gasteiger partial charge on any atom is -0.454 e. The van der Waals surface area contributed by atoms with Gasteiger partial charge in [-0.1, -0.05) is 46.7 Å². The van der Waals surface area contributed by atoms with Gasteiger partial charge in [0, 0.05) is 17.9 Å². The van der Waals surface area contributed by atoms with Gasteiger partial charge in [-0.05, 0) is 56.0 Å². The van der Waals surface area contributed by atoms with Crippen LogP contribution in [0.5, 0.6) is 11.5 Å². The molecule has 3 aromatic carbocycles. The maximum atomic E-state index is 14.8. The maximum absolute atomic E-state index is 14.8. The summed E-state index contributed by atoms with van der Waals surface area (Å²) in [7, 11) is 0. The molecule has 0 bridgehead atoms. The van der Waals surface area contributed by atoms with E-state index in [0.717, 1.165) is 30.2 Å². The van der Waals surface area contributed by atoms with Crippen molar-refractivity contribution in [2.75, 3.05) is 10.6 Å². The second kappa shape index (κ2) is 11.7. The number of ether oxygens (including phenoxy) is 1. The summed E-state index contributed by atoms with van der Waals surface area (Å²) in [5, 5.41) is 24.7. The molecule has 2 amide bonds. The third kappa shape index (κ3) is 6.10. The number of anilines is 2. The number of hydrogen-bond acceptors (Lipinski definition) is 7. The second-order valence-electron chi connectivity index (χ2n) is 9.51. The van der Waals surface area contributed by atoms with E-state index in [-0.39, 0.29) is 56.1 Å². The Balaban J connectivity index is 1.41. The molecule has 1 fully saturated rings. The minimum atomic E-state index is -0.810. The van der Waals surface area contributed by atoms with Gasteiger partial charge in [0.1, 0.15) is 28.9 Å². The van der Waals surface area contributed by atoms with Crippen LogP contribution in [0.2, 0.25) is 10.0 Å². The fourth-order valence-corrected chi connectivity index (χ4v) is 5.50. The Morgan fingerprint density at radius 3 is 2.66 bits per heavy atom. The van der Waals surface area contributed by atoms with Crippen LogP contribution in [-0.2, 0) is 11.2 Å². The van der Waals surface area contributed by atoms with Crippen LogP contribution in [0.4, 0.5) is 15.2 Å². The van der Waals surface area contributed by atoms with Crippen LogP contribution in [0.25, 0.3) is 10.2 Å². The van der Waals surface area contributed by atoms with Crippen molar-refractivity contribution < 1.29 is 18.7 Å². The Morgan fingerprint density at radius 2 is 1.95 bits per heavy atom. The number of thiazole rings is 1. The van der Waals surface area contributed by atoms with Crippen molar-refractivity contribution >= 4 is 67.4 Å². The first-order valence-electron chi connectivity index (χ1n) is 12.5. The molecular formula is C29H20Cl2FN5O3S. The lowest BCUT2D eigenvalue weighted by atomic mass is 10.00. The van der Waals surface area contributed by atoms with Crippen molar-refractivity contribution in [2.45, 2.75) is 26.2 Å². The highest BCUT2D eigenvalue weighted by Crippen LogP contribution is 2.40. The monoisotopic (exact) mass is 607 g/mol. The molecule has 12 heteroatoms. The Labute approximate surface area is 248 Å². The fraction of sp³-hybridized carbons (Fsp3) is 0.207. The van der Waals surface area contributed by atoms with Crippen LogP contribution in [-0.4, -0.2) is 16.8 Å². The number of nitriles is 2. The van der Waals surface area contributed by atoms with Crippen molar-refractivity contribution in [1.82, 2.24) is 4.98 Å². The number of carbonyl (C=O) groups is 2. The van der Waals surface area contributed by atoms with E-state index in [1.165, 1.54) is 18.2 Å². The smallest absolute Gasteiger partial charge is 0.257 e. The molecule has 2 N–H and O–H groups in total. The van der Waals surface area contributed by atoms with E-state index in [2.05, 4.69) is 27.8 Å². The molecule has 41 heavy (non-hydrogen) atoms. The normalized spacial score (nSPS) is 13.2. The van der Waals surface area contributed by atoms with Crippen LogP contribution >= 0.6 is 34.5 Å². The van der Waals surface area contributed by atoms with Crippen molar-refractivity contribution in [3.8, 4) is 23.6 Å². The highest BCUT2D eigenvalue weighted by Gasteiger charge is 2.30. The molecule has 0 radical (unpaired) electrons. The number of nitrogens with one attached hydrogen (secondary N) is 2. The lowest BCUT2D eigenvalue weighted by molar-refractivity contribution is -0.117. The standard InChI is InChI=1S/C29H20Cl2FN5O3S/c1-14(12-33)9-16-3-2-4-17(25(16)31)28(39)35-22-11-24(19(30)10-20(22)32)40-23-8-7-21-26(18(23)13-34)41-29(36-21)37-27(38)15-5-6-15/h2-4,7-8,10-11,14-15H,5-6,9H2,1H3,(H,35,39)(H,36,37,38). The first-order chi connectivity index (χ1) is 19.7. The summed E-state index contributed by atoms with van der Waals surface area (Å²) < 4.78 is 21.3. The Hall–Kier alpha value is -4.22. The average Bonchev–Trinajstić information content (AvgIpc) is 3.72. The highest BCUT2D eigenvalue weighted by molar-refractivity contribution is 7.22. The van der Waals surface area contributed by atoms with Gasteiger partial charge in [-0.3, -0.25) is 9.59 Å². The number of rotatable bonds is 8. The summed E-state index contributed by atoms with van der Waals surface area (Å²) in [6.45, 7) is 1.74. The van der Waals surface area contributed by atoms with Crippen LogP contribution in [0.3, 0.4) is 0 Å². The Bertz CT molecular complexity index is 1790. The van der Waals surface area contributed by atoms with Crippen molar-refractivity contribution in [2.24, 2.45) is 11.8 Å². The van der Waals surface area contributed by atoms with Crippen LogP contribution in [0.15, 0.2) is 42.5 Å². The number of halogens is 3. The zero-order chi connectivity index (χ0) is 29.3. The first-order valence-corrected chi connectivity index (χ1v) is 14.1. The van der Waals surface area contributed by atoms with E-state index < -0.39 is 11.7 Å². The van der Waals surface area contributed by atoms with Gasteiger partial charge in [-0.15, -0.1) is 0 Å². The van der Waals surface area contributed by atoms with E-state index >= 15 is 0 Å². The third-order valence-corrected chi connectivity index (χ3v) is 8.11. The number of benzene rings is 3. The molecule has 1 aliphatic carbocycles.